The molecule has 2 N–H and O–H groups in total. The summed E-state index contributed by atoms with van der Waals surface area (Å²) in [7, 11) is 1.67. The number of piperidine rings is 1. The Morgan fingerprint density at radius 3 is 2.83 bits per heavy atom. The fourth-order valence-corrected chi connectivity index (χ4v) is 4.11. The number of nitrogens with two attached hydrogens (primary N) is 1. The fourth-order valence-electron chi connectivity index (χ4n) is 3.93. The molecule has 6 nitrogen and oxygen atoms in total. The second-order valence-electron chi connectivity index (χ2n) is 7.90. The van der Waals surface area contributed by atoms with Crippen molar-refractivity contribution in [3.8, 4) is 0 Å². The van der Waals surface area contributed by atoms with E-state index in [1.807, 2.05) is 17.6 Å². The topological polar surface area (TPSA) is 69.1 Å². The molecule has 1 atom stereocenters. The summed E-state index contributed by atoms with van der Waals surface area (Å²) < 4.78 is 17.1. The van der Waals surface area contributed by atoms with Crippen LogP contribution in [0.2, 0.25) is 5.02 Å². The molecule has 0 radical (unpaired) electrons. The lowest BCUT2D eigenvalue weighted by Gasteiger charge is -2.39. The van der Waals surface area contributed by atoms with Crippen molar-refractivity contribution in [1.82, 2.24) is 14.1 Å². The Balaban J connectivity index is 0.00000240. The number of nitrogens with zero attached hydrogens (tertiary/aromatic N) is 4. The summed E-state index contributed by atoms with van der Waals surface area (Å²) in [4.78, 5) is 19.5. The average molecular weight is 440 g/mol. The largest absolute Gasteiger partial charge is 0.356 e. The molecule has 0 aliphatic carbocycles. The van der Waals surface area contributed by atoms with Crippen LogP contribution in [0.25, 0.3) is 11.0 Å². The molecule has 156 valence electrons. The molecule has 0 amide bonds. The summed E-state index contributed by atoms with van der Waals surface area (Å²) in [6.07, 6.45) is 3.41. The zero-order valence-electron chi connectivity index (χ0n) is 16.4. The first-order valence-electron chi connectivity index (χ1n) is 9.28. The van der Waals surface area contributed by atoms with E-state index in [4.69, 9.17) is 17.3 Å². The molecule has 2 aromatic heterocycles. The highest BCUT2D eigenvalue weighted by Gasteiger charge is 2.29. The Bertz CT molecular complexity index is 1110. The smallest absolute Gasteiger partial charge is 0.277 e. The van der Waals surface area contributed by atoms with E-state index in [2.05, 4.69) is 9.88 Å². The van der Waals surface area contributed by atoms with Crippen LogP contribution in [0.4, 0.5) is 10.2 Å². The molecule has 0 saturated carbocycles. The number of aryl methyl sites for hydroxylation is 1. The third-order valence-corrected chi connectivity index (χ3v) is 5.70. The van der Waals surface area contributed by atoms with Crippen molar-refractivity contribution in [2.45, 2.75) is 31.8 Å². The first-order valence-corrected chi connectivity index (χ1v) is 9.66. The number of fused-ring (bicyclic) bond motifs is 1. The standard InChI is InChI=1S/C20H23ClFN5O.ClH/c1-20(23)6-3-7-26(11-20)17-9-16-18(19(28)25(2)12-24-16)27(17)10-13-8-14(22)4-5-15(13)21;/h4-5,8-9,12H,3,6-7,10-11,23H2,1-2H3;1H/t20-;/m1./s1. The molecular weight excluding hydrogens is 416 g/mol. The van der Waals surface area contributed by atoms with Gasteiger partial charge in [-0.25, -0.2) is 9.37 Å². The van der Waals surface area contributed by atoms with Gasteiger partial charge in [0.15, 0.2) is 0 Å². The molecule has 1 aliphatic heterocycles. The van der Waals surface area contributed by atoms with E-state index in [1.165, 1.54) is 29.1 Å². The van der Waals surface area contributed by atoms with Crippen molar-refractivity contribution >= 4 is 40.9 Å². The summed E-state index contributed by atoms with van der Waals surface area (Å²) >= 11 is 6.31. The summed E-state index contributed by atoms with van der Waals surface area (Å²) in [6.45, 7) is 3.81. The Labute approximate surface area is 179 Å². The maximum absolute atomic E-state index is 13.8. The highest BCUT2D eigenvalue weighted by atomic mass is 35.5. The molecule has 1 aliphatic rings. The van der Waals surface area contributed by atoms with Crippen LogP contribution < -0.4 is 16.2 Å². The number of aromatic nitrogens is 3. The van der Waals surface area contributed by atoms with E-state index in [0.29, 0.717) is 28.2 Å². The maximum atomic E-state index is 13.8. The number of rotatable bonds is 3. The number of hydrogen-bond donors (Lipinski definition) is 1. The molecule has 3 aromatic rings. The van der Waals surface area contributed by atoms with Gasteiger partial charge in [0, 0.05) is 36.8 Å². The maximum Gasteiger partial charge on any atom is 0.277 e. The van der Waals surface area contributed by atoms with Gasteiger partial charge in [-0.3, -0.25) is 4.79 Å². The molecule has 1 saturated heterocycles. The number of anilines is 1. The van der Waals surface area contributed by atoms with Gasteiger partial charge in [-0.05, 0) is 43.5 Å². The van der Waals surface area contributed by atoms with Gasteiger partial charge >= 0.3 is 0 Å². The summed E-state index contributed by atoms with van der Waals surface area (Å²) in [6, 6.07) is 6.17. The highest BCUT2D eigenvalue weighted by molar-refractivity contribution is 6.31. The zero-order chi connectivity index (χ0) is 20.1. The zero-order valence-corrected chi connectivity index (χ0v) is 17.9. The Morgan fingerprint density at radius 2 is 2.10 bits per heavy atom. The first kappa shape index (κ1) is 21.6. The molecule has 1 fully saturated rings. The quantitative estimate of drug-likeness (QED) is 0.679. The minimum atomic E-state index is -0.365. The Morgan fingerprint density at radius 1 is 1.34 bits per heavy atom. The normalized spacial score (nSPS) is 19.4. The third kappa shape index (κ3) is 4.13. The summed E-state index contributed by atoms with van der Waals surface area (Å²) in [5.74, 6) is 0.485. The van der Waals surface area contributed by atoms with E-state index in [-0.39, 0.29) is 35.9 Å². The third-order valence-electron chi connectivity index (χ3n) is 5.34. The molecule has 1 aromatic carbocycles. The van der Waals surface area contributed by atoms with E-state index >= 15 is 0 Å². The van der Waals surface area contributed by atoms with Gasteiger partial charge in [-0.15, -0.1) is 12.4 Å². The van der Waals surface area contributed by atoms with Crippen LogP contribution in [0.3, 0.4) is 0 Å². The molecule has 0 spiro atoms. The van der Waals surface area contributed by atoms with Gasteiger partial charge in [-0.1, -0.05) is 11.6 Å². The van der Waals surface area contributed by atoms with Crippen molar-refractivity contribution in [2.75, 3.05) is 18.0 Å². The van der Waals surface area contributed by atoms with Gasteiger partial charge in [0.05, 0.1) is 18.4 Å². The van der Waals surface area contributed by atoms with Crippen LogP contribution in [-0.4, -0.2) is 32.7 Å². The lowest BCUT2D eigenvalue weighted by atomic mass is 9.92. The highest BCUT2D eigenvalue weighted by Crippen LogP contribution is 2.30. The van der Waals surface area contributed by atoms with Gasteiger partial charge < -0.3 is 19.8 Å². The number of benzene rings is 1. The number of hydrogen-bond acceptors (Lipinski definition) is 4. The minimum absolute atomic E-state index is 0. The predicted molar refractivity (Wildman–Crippen MR) is 117 cm³/mol. The van der Waals surface area contributed by atoms with Gasteiger partial charge in [0.2, 0.25) is 0 Å². The van der Waals surface area contributed by atoms with Crippen molar-refractivity contribution in [2.24, 2.45) is 12.8 Å². The monoisotopic (exact) mass is 439 g/mol. The molecule has 4 rings (SSSR count). The van der Waals surface area contributed by atoms with E-state index in [1.54, 1.807) is 7.05 Å². The average Bonchev–Trinajstić information content (AvgIpc) is 3.00. The molecule has 3 heterocycles. The van der Waals surface area contributed by atoms with Crippen LogP contribution in [0.1, 0.15) is 25.3 Å². The van der Waals surface area contributed by atoms with Crippen molar-refractivity contribution < 1.29 is 4.39 Å². The fraction of sp³-hybridized carbons (Fsp3) is 0.400. The van der Waals surface area contributed by atoms with E-state index in [0.717, 1.165) is 25.2 Å². The lowest BCUT2D eigenvalue weighted by molar-refractivity contribution is 0.371. The summed E-state index contributed by atoms with van der Waals surface area (Å²) in [5, 5.41) is 0.456. The van der Waals surface area contributed by atoms with Crippen LogP contribution in [-0.2, 0) is 13.6 Å². The Kier molecular flexibility index (Phi) is 5.94. The second-order valence-corrected chi connectivity index (χ2v) is 8.31. The first-order chi connectivity index (χ1) is 13.2. The minimum Gasteiger partial charge on any atom is -0.356 e. The molecule has 0 bridgehead atoms. The lowest BCUT2D eigenvalue weighted by Crippen LogP contribution is -2.52. The van der Waals surface area contributed by atoms with Crippen molar-refractivity contribution in [3.63, 3.8) is 0 Å². The molecule has 29 heavy (non-hydrogen) atoms. The van der Waals surface area contributed by atoms with Crippen LogP contribution in [0.5, 0.6) is 0 Å². The predicted octanol–water partition coefficient (Wildman–Crippen LogP) is 3.32. The van der Waals surface area contributed by atoms with Crippen molar-refractivity contribution in [3.05, 3.63) is 57.3 Å². The molecule has 9 heteroatoms. The SMILES string of the molecule is Cl.Cn1cnc2cc(N3CCC[C@@](C)(N)C3)n(Cc3cc(F)ccc3Cl)c2c1=O. The molecule has 0 unspecified atom stereocenters. The molecular formula is C20H24Cl2FN5O. The van der Waals surface area contributed by atoms with Gasteiger partial charge in [0.25, 0.3) is 5.56 Å². The summed E-state index contributed by atoms with van der Waals surface area (Å²) in [5.41, 5.74) is 7.62. The van der Waals surface area contributed by atoms with Gasteiger partial charge in [-0.2, -0.15) is 0 Å². The Hall–Kier alpha value is -2.09. The van der Waals surface area contributed by atoms with Crippen LogP contribution >= 0.6 is 24.0 Å². The van der Waals surface area contributed by atoms with Gasteiger partial charge in [0.1, 0.15) is 17.2 Å². The van der Waals surface area contributed by atoms with Crippen LogP contribution in [0.15, 0.2) is 35.4 Å². The van der Waals surface area contributed by atoms with E-state index in [9.17, 15) is 9.18 Å². The second kappa shape index (κ2) is 7.97. The number of halogens is 3. The van der Waals surface area contributed by atoms with Crippen molar-refractivity contribution in [1.29, 1.82) is 0 Å². The van der Waals surface area contributed by atoms with E-state index < -0.39 is 0 Å². The van der Waals surface area contributed by atoms with Crippen LogP contribution in [0, 0.1) is 5.82 Å².